The quantitative estimate of drug-likeness (QED) is 0.829. The zero-order valence-corrected chi connectivity index (χ0v) is 13.5. The molecule has 106 valence electrons. The number of amides is 1. The number of aromatic nitrogens is 4. The molecule has 1 aromatic heterocycles. The van der Waals surface area contributed by atoms with Gasteiger partial charge in [-0.25, -0.2) is 4.68 Å². The van der Waals surface area contributed by atoms with E-state index in [1.54, 1.807) is 7.05 Å². The van der Waals surface area contributed by atoms with E-state index in [9.17, 15) is 4.79 Å². The molecule has 0 aliphatic carbocycles. The first-order valence-electron chi connectivity index (χ1n) is 5.96. The molecule has 1 N–H and O–H groups in total. The molecule has 20 heavy (non-hydrogen) atoms. The first-order valence-corrected chi connectivity index (χ1v) is 7.74. The maximum Gasteiger partial charge on any atom is 0.230 e. The number of thioether (sulfide) groups is 1. The lowest BCUT2D eigenvalue weighted by Crippen LogP contribution is -2.28. The fraction of sp³-hybridized carbons (Fsp3) is 0.333. The summed E-state index contributed by atoms with van der Waals surface area (Å²) < 4.78 is 2.56. The maximum atomic E-state index is 11.9. The second-order valence-electron chi connectivity index (χ2n) is 4.21. The van der Waals surface area contributed by atoms with Crippen molar-refractivity contribution in [2.24, 2.45) is 7.05 Å². The van der Waals surface area contributed by atoms with Crippen molar-refractivity contribution in [2.45, 2.75) is 18.1 Å². The molecule has 6 nitrogen and oxygen atoms in total. The van der Waals surface area contributed by atoms with Crippen LogP contribution in [0.5, 0.6) is 0 Å². The van der Waals surface area contributed by atoms with E-state index in [0.717, 1.165) is 10.0 Å². The van der Waals surface area contributed by atoms with Gasteiger partial charge in [-0.2, -0.15) is 0 Å². The normalized spacial score (nSPS) is 12.2. The molecule has 1 aromatic carbocycles. The van der Waals surface area contributed by atoms with E-state index >= 15 is 0 Å². The van der Waals surface area contributed by atoms with Crippen molar-refractivity contribution in [1.82, 2.24) is 25.5 Å². The van der Waals surface area contributed by atoms with Crippen LogP contribution in [0, 0.1) is 0 Å². The smallest absolute Gasteiger partial charge is 0.230 e. The van der Waals surface area contributed by atoms with Gasteiger partial charge in [0.15, 0.2) is 0 Å². The first-order chi connectivity index (χ1) is 9.56. The molecule has 1 amide bonds. The molecular formula is C12H14BrN5OS. The number of hydrogen-bond donors (Lipinski definition) is 1. The molecule has 1 atom stereocenters. The molecule has 0 saturated carbocycles. The Morgan fingerprint density at radius 2 is 2.15 bits per heavy atom. The fourth-order valence-electron chi connectivity index (χ4n) is 1.59. The van der Waals surface area contributed by atoms with Gasteiger partial charge < -0.3 is 5.32 Å². The third kappa shape index (κ3) is 4.04. The molecule has 0 aliphatic rings. The summed E-state index contributed by atoms with van der Waals surface area (Å²) in [7, 11) is 1.74. The van der Waals surface area contributed by atoms with Crippen LogP contribution in [-0.4, -0.2) is 31.9 Å². The van der Waals surface area contributed by atoms with E-state index < -0.39 is 0 Å². The molecule has 1 unspecified atom stereocenters. The summed E-state index contributed by atoms with van der Waals surface area (Å²) in [4.78, 5) is 11.9. The third-order valence-corrected chi connectivity index (χ3v) is 4.20. The highest BCUT2D eigenvalue weighted by Gasteiger charge is 2.11. The largest absolute Gasteiger partial charge is 0.349 e. The van der Waals surface area contributed by atoms with Crippen molar-refractivity contribution < 1.29 is 4.79 Å². The van der Waals surface area contributed by atoms with Crippen LogP contribution < -0.4 is 5.32 Å². The zero-order valence-electron chi connectivity index (χ0n) is 11.1. The number of aryl methyl sites for hydroxylation is 1. The highest BCUT2D eigenvalue weighted by atomic mass is 79.9. The predicted molar refractivity (Wildman–Crippen MR) is 80.2 cm³/mol. The highest BCUT2D eigenvalue weighted by molar-refractivity contribution is 9.10. The molecule has 0 spiro atoms. The molecule has 0 bridgehead atoms. The van der Waals surface area contributed by atoms with Crippen LogP contribution >= 0.6 is 27.7 Å². The first kappa shape index (κ1) is 15.0. The van der Waals surface area contributed by atoms with E-state index in [2.05, 4.69) is 36.8 Å². The minimum absolute atomic E-state index is 0.0335. The van der Waals surface area contributed by atoms with Gasteiger partial charge in [-0.3, -0.25) is 4.79 Å². The molecule has 0 aliphatic heterocycles. The maximum absolute atomic E-state index is 11.9. The SMILES string of the molecule is CC(NC(=O)CSc1nnnn1C)c1ccc(Br)cc1. The zero-order chi connectivity index (χ0) is 14.5. The van der Waals surface area contributed by atoms with Crippen LogP contribution in [0.1, 0.15) is 18.5 Å². The number of nitrogens with one attached hydrogen (secondary N) is 1. The van der Waals surface area contributed by atoms with Crippen molar-refractivity contribution in [2.75, 3.05) is 5.75 Å². The van der Waals surface area contributed by atoms with E-state index in [4.69, 9.17) is 0 Å². The van der Waals surface area contributed by atoms with Gasteiger partial charge in [-0.15, -0.1) is 5.10 Å². The van der Waals surface area contributed by atoms with E-state index in [1.165, 1.54) is 16.4 Å². The van der Waals surface area contributed by atoms with Gasteiger partial charge in [0.05, 0.1) is 11.8 Å². The lowest BCUT2D eigenvalue weighted by atomic mass is 10.1. The van der Waals surface area contributed by atoms with Gasteiger partial charge in [0.1, 0.15) is 0 Å². The summed E-state index contributed by atoms with van der Waals surface area (Å²) in [5, 5.41) is 14.6. The summed E-state index contributed by atoms with van der Waals surface area (Å²) in [5.41, 5.74) is 1.06. The molecule has 8 heteroatoms. The number of carbonyl (C=O) groups is 1. The monoisotopic (exact) mass is 355 g/mol. The molecule has 1 heterocycles. The van der Waals surface area contributed by atoms with E-state index in [1.807, 2.05) is 31.2 Å². The van der Waals surface area contributed by atoms with Crippen LogP contribution in [-0.2, 0) is 11.8 Å². The van der Waals surface area contributed by atoms with Crippen LogP contribution in [0.3, 0.4) is 0 Å². The Labute approximate surface area is 129 Å². The number of carbonyl (C=O) groups excluding carboxylic acids is 1. The van der Waals surface area contributed by atoms with E-state index in [-0.39, 0.29) is 17.7 Å². The van der Waals surface area contributed by atoms with Crippen molar-refractivity contribution in [1.29, 1.82) is 0 Å². The number of nitrogens with zero attached hydrogens (tertiary/aromatic N) is 4. The molecule has 2 rings (SSSR count). The summed E-state index contributed by atoms with van der Waals surface area (Å²) >= 11 is 4.70. The summed E-state index contributed by atoms with van der Waals surface area (Å²) in [5.74, 6) is 0.239. The van der Waals surface area contributed by atoms with Crippen molar-refractivity contribution in [3.8, 4) is 0 Å². The number of benzene rings is 1. The lowest BCUT2D eigenvalue weighted by Gasteiger charge is -2.14. The van der Waals surface area contributed by atoms with Crippen LogP contribution in [0.2, 0.25) is 0 Å². The third-order valence-electron chi connectivity index (χ3n) is 2.66. The standard InChI is InChI=1S/C12H14BrN5OS/c1-8(9-3-5-10(13)6-4-9)14-11(19)7-20-12-15-16-17-18(12)2/h3-6,8H,7H2,1-2H3,(H,14,19). The number of halogens is 1. The predicted octanol–water partition coefficient (Wildman–Crippen LogP) is 1.94. The number of rotatable bonds is 5. The van der Waals surface area contributed by atoms with Crippen molar-refractivity contribution >= 4 is 33.6 Å². The molecule has 0 saturated heterocycles. The van der Waals surface area contributed by atoms with Crippen LogP contribution in [0.4, 0.5) is 0 Å². The summed E-state index contributed by atoms with van der Waals surface area (Å²) in [6, 6.07) is 7.84. The minimum Gasteiger partial charge on any atom is -0.349 e. The minimum atomic E-state index is -0.0478. The Kier molecular flexibility index (Phi) is 5.13. The van der Waals surface area contributed by atoms with Crippen molar-refractivity contribution in [3.63, 3.8) is 0 Å². The van der Waals surface area contributed by atoms with Gasteiger partial charge in [-0.05, 0) is 35.0 Å². The van der Waals surface area contributed by atoms with Gasteiger partial charge >= 0.3 is 0 Å². The second kappa shape index (κ2) is 6.85. The summed E-state index contributed by atoms with van der Waals surface area (Å²) in [6.45, 7) is 1.95. The van der Waals surface area contributed by atoms with Gasteiger partial charge in [0, 0.05) is 11.5 Å². The topological polar surface area (TPSA) is 72.7 Å². The van der Waals surface area contributed by atoms with E-state index in [0.29, 0.717) is 5.16 Å². The summed E-state index contributed by atoms with van der Waals surface area (Å²) in [6.07, 6.45) is 0. The second-order valence-corrected chi connectivity index (χ2v) is 6.07. The molecule has 0 fully saturated rings. The fourth-order valence-corrected chi connectivity index (χ4v) is 2.52. The Hall–Kier alpha value is -1.41. The average Bonchev–Trinajstić information content (AvgIpc) is 2.82. The Bertz CT molecular complexity index is 586. The number of hydrogen-bond acceptors (Lipinski definition) is 5. The number of tetrazole rings is 1. The average molecular weight is 356 g/mol. The van der Waals surface area contributed by atoms with Crippen LogP contribution in [0.25, 0.3) is 0 Å². The lowest BCUT2D eigenvalue weighted by molar-refractivity contribution is -0.119. The van der Waals surface area contributed by atoms with Gasteiger partial charge in [0.25, 0.3) is 0 Å². The van der Waals surface area contributed by atoms with Crippen molar-refractivity contribution in [3.05, 3.63) is 34.3 Å². The molecular weight excluding hydrogens is 342 g/mol. The van der Waals surface area contributed by atoms with Gasteiger partial charge in [0.2, 0.25) is 11.1 Å². The Morgan fingerprint density at radius 1 is 1.45 bits per heavy atom. The van der Waals surface area contributed by atoms with Gasteiger partial charge in [-0.1, -0.05) is 39.8 Å². The molecule has 0 radical (unpaired) electrons. The van der Waals surface area contributed by atoms with Crippen LogP contribution in [0.15, 0.2) is 33.9 Å². The Balaban J connectivity index is 1.85. The Morgan fingerprint density at radius 3 is 2.75 bits per heavy atom. The molecule has 2 aromatic rings. The highest BCUT2D eigenvalue weighted by Crippen LogP contribution is 2.17.